The molecule has 0 amide bonds. The van der Waals surface area contributed by atoms with Crippen molar-refractivity contribution in [3.63, 3.8) is 0 Å². The van der Waals surface area contributed by atoms with Gasteiger partial charge in [0.1, 0.15) is 0 Å². The molecule has 1 aromatic carbocycles. The standard InChI is InChI=1S/C16H23N5O3S/c1-3-9-25(22,23)20-13-6-4-5-12(10-13)16-18-15(19-24-16)14-11-17-7-8-21(14)2/h4-6,10,14,17,20H,3,7-9,11H2,1-2H3. The molecule has 1 atom stereocenters. The number of nitrogens with one attached hydrogen (secondary N) is 2. The molecule has 2 N–H and O–H groups in total. The van der Waals surface area contributed by atoms with Crippen LogP contribution in [0, 0.1) is 0 Å². The molecule has 1 aliphatic rings. The second kappa shape index (κ2) is 7.51. The van der Waals surface area contributed by atoms with Gasteiger partial charge in [0.2, 0.25) is 10.0 Å². The van der Waals surface area contributed by atoms with Crippen molar-refractivity contribution in [3.8, 4) is 11.5 Å². The lowest BCUT2D eigenvalue weighted by molar-refractivity contribution is 0.190. The molecule has 1 fully saturated rings. The van der Waals surface area contributed by atoms with Gasteiger partial charge in [-0.05, 0) is 31.7 Å². The molecule has 0 radical (unpaired) electrons. The first kappa shape index (κ1) is 17.8. The number of rotatable bonds is 6. The summed E-state index contributed by atoms with van der Waals surface area (Å²) in [7, 11) is -1.30. The van der Waals surface area contributed by atoms with Crippen LogP contribution in [0.1, 0.15) is 25.2 Å². The number of nitrogens with zero attached hydrogens (tertiary/aromatic N) is 3. The van der Waals surface area contributed by atoms with E-state index in [9.17, 15) is 8.42 Å². The lowest BCUT2D eigenvalue weighted by Crippen LogP contribution is -2.44. The van der Waals surface area contributed by atoms with Gasteiger partial charge in [-0.2, -0.15) is 4.98 Å². The number of likely N-dealkylation sites (N-methyl/N-ethyl adjacent to an activating group) is 1. The maximum atomic E-state index is 11.9. The van der Waals surface area contributed by atoms with Gasteiger partial charge in [-0.25, -0.2) is 8.42 Å². The summed E-state index contributed by atoms with van der Waals surface area (Å²) in [4.78, 5) is 6.67. The molecule has 8 nitrogen and oxygen atoms in total. The van der Waals surface area contributed by atoms with Crippen LogP contribution in [0.25, 0.3) is 11.5 Å². The van der Waals surface area contributed by atoms with Crippen molar-refractivity contribution < 1.29 is 12.9 Å². The van der Waals surface area contributed by atoms with Gasteiger partial charge in [0.25, 0.3) is 5.89 Å². The Morgan fingerprint density at radius 2 is 2.28 bits per heavy atom. The van der Waals surface area contributed by atoms with E-state index in [1.165, 1.54) is 0 Å². The van der Waals surface area contributed by atoms with Crippen LogP contribution in [0.3, 0.4) is 0 Å². The van der Waals surface area contributed by atoms with Crippen LogP contribution >= 0.6 is 0 Å². The van der Waals surface area contributed by atoms with Gasteiger partial charge in [0, 0.05) is 30.9 Å². The number of hydrogen-bond acceptors (Lipinski definition) is 7. The van der Waals surface area contributed by atoms with Crippen molar-refractivity contribution in [3.05, 3.63) is 30.1 Å². The van der Waals surface area contributed by atoms with E-state index >= 15 is 0 Å². The molecule has 2 aromatic rings. The van der Waals surface area contributed by atoms with E-state index in [0.29, 0.717) is 29.4 Å². The van der Waals surface area contributed by atoms with E-state index < -0.39 is 10.0 Å². The predicted molar refractivity (Wildman–Crippen MR) is 95.7 cm³/mol. The van der Waals surface area contributed by atoms with E-state index in [4.69, 9.17) is 4.52 Å². The van der Waals surface area contributed by atoms with Crippen LogP contribution in [0.15, 0.2) is 28.8 Å². The Morgan fingerprint density at radius 3 is 3.04 bits per heavy atom. The number of sulfonamides is 1. The molecule has 1 saturated heterocycles. The third kappa shape index (κ3) is 4.36. The fourth-order valence-electron chi connectivity index (χ4n) is 2.80. The topological polar surface area (TPSA) is 100 Å². The average molecular weight is 365 g/mol. The van der Waals surface area contributed by atoms with Gasteiger partial charge >= 0.3 is 0 Å². The van der Waals surface area contributed by atoms with Crippen LogP contribution in [0.5, 0.6) is 0 Å². The zero-order chi connectivity index (χ0) is 17.9. The van der Waals surface area contributed by atoms with Crippen LogP contribution in [-0.2, 0) is 10.0 Å². The molecule has 136 valence electrons. The zero-order valence-corrected chi connectivity index (χ0v) is 15.2. The van der Waals surface area contributed by atoms with E-state index in [1.54, 1.807) is 18.2 Å². The van der Waals surface area contributed by atoms with Crippen molar-refractivity contribution in [2.24, 2.45) is 0 Å². The number of benzene rings is 1. The normalized spacial score (nSPS) is 19.0. The molecule has 25 heavy (non-hydrogen) atoms. The summed E-state index contributed by atoms with van der Waals surface area (Å²) >= 11 is 0. The summed E-state index contributed by atoms with van der Waals surface area (Å²) in [6.45, 7) is 4.46. The predicted octanol–water partition coefficient (Wildman–Crippen LogP) is 1.46. The van der Waals surface area contributed by atoms with Gasteiger partial charge in [-0.3, -0.25) is 9.62 Å². The molecule has 2 heterocycles. The van der Waals surface area contributed by atoms with Gasteiger partial charge in [-0.1, -0.05) is 18.1 Å². The lowest BCUT2D eigenvalue weighted by atomic mass is 10.2. The van der Waals surface area contributed by atoms with E-state index in [0.717, 1.165) is 19.6 Å². The lowest BCUT2D eigenvalue weighted by Gasteiger charge is -2.30. The maximum Gasteiger partial charge on any atom is 0.258 e. The van der Waals surface area contributed by atoms with Gasteiger partial charge in [0.05, 0.1) is 11.8 Å². The third-order valence-corrected chi connectivity index (χ3v) is 5.60. The Morgan fingerprint density at radius 1 is 1.44 bits per heavy atom. The van der Waals surface area contributed by atoms with Gasteiger partial charge in [-0.15, -0.1) is 0 Å². The zero-order valence-electron chi connectivity index (χ0n) is 14.4. The fraction of sp³-hybridized carbons (Fsp3) is 0.500. The van der Waals surface area contributed by atoms with E-state index in [-0.39, 0.29) is 11.8 Å². The van der Waals surface area contributed by atoms with Crippen molar-refractivity contribution in [1.29, 1.82) is 0 Å². The first-order valence-electron chi connectivity index (χ1n) is 8.34. The quantitative estimate of drug-likeness (QED) is 0.799. The molecule has 0 bridgehead atoms. The summed E-state index contributed by atoms with van der Waals surface area (Å²) in [6, 6.07) is 7.05. The van der Waals surface area contributed by atoms with Gasteiger partial charge in [0.15, 0.2) is 5.82 Å². The fourth-order valence-corrected chi connectivity index (χ4v) is 3.92. The van der Waals surface area contributed by atoms with Crippen molar-refractivity contribution in [2.45, 2.75) is 19.4 Å². The van der Waals surface area contributed by atoms with Crippen LogP contribution in [0.4, 0.5) is 5.69 Å². The average Bonchev–Trinajstić information content (AvgIpc) is 3.05. The molecule has 0 aliphatic carbocycles. The maximum absolute atomic E-state index is 11.9. The molecular weight excluding hydrogens is 342 g/mol. The Kier molecular flexibility index (Phi) is 5.36. The Hall–Kier alpha value is -1.97. The number of hydrogen-bond donors (Lipinski definition) is 2. The van der Waals surface area contributed by atoms with Gasteiger partial charge < -0.3 is 9.84 Å². The minimum atomic E-state index is -3.33. The Bertz CT molecular complexity index is 821. The minimum absolute atomic E-state index is 0.0671. The molecule has 1 unspecified atom stereocenters. The third-order valence-electron chi connectivity index (χ3n) is 4.11. The van der Waals surface area contributed by atoms with Crippen molar-refractivity contribution in [1.82, 2.24) is 20.4 Å². The van der Waals surface area contributed by atoms with Crippen molar-refractivity contribution in [2.75, 3.05) is 37.2 Å². The summed E-state index contributed by atoms with van der Waals surface area (Å²) in [5.74, 6) is 1.09. The monoisotopic (exact) mass is 365 g/mol. The molecule has 1 aliphatic heterocycles. The SMILES string of the molecule is CCCS(=O)(=O)Nc1cccc(-c2nc(C3CNCCN3C)no2)c1. The Labute approximate surface area is 147 Å². The van der Waals surface area contributed by atoms with Crippen LogP contribution in [-0.4, -0.2) is 55.9 Å². The highest BCUT2D eigenvalue weighted by Crippen LogP contribution is 2.25. The number of anilines is 1. The highest BCUT2D eigenvalue weighted by atomic mass is 32.2. The Balaban J connectivity index is 1.80. The summed E-state index contributed by atoms with van der Waals surface area (Å²) in [5, 5.41) is 7.41. The summed E-state index contributed by atoms with van der Waals surface area (Å²) < 4.78 is 31.8. The first-order chi connectivity index (χ1) is 12.0. The van der Waals surface area contributed by atoms with Crippen LogP contribution in [0.2, 0.25) is 0 Å². The summed E-state index contributed by atoms with van der Waals surface area (Å²) in [6.07, 6.45) is 0.561. The molecular formula is C16H23N5O3S. The molecule has 0 spiro atoms. The second-order valence-electron chi connectivity index (χ2n) is 6.16. The molecule has 1 aromatic heterocycles. The van der Waals surface area contributed by atoms with E-state index in [2.05, 4.69) is 25.1 Å². The number of piperazine rings is 1. The number of aromatic nitrogens is 2. The highest BCUT2D eigenvalue weighted by Gasteiger charge is 2.25. The molecule has 9 heteroatoms. The molecule has 0 saturated carbocycles. The first-order valence-corrected chi connectivity index (χ1v) is 9.99. The smallest absolute Gasteiger partial charge is 0.258 e. The second-order valence-corrected chi connectivity index (χ2v) is 8.00. The highest BCUT2D eigenvalue weighted by molar-refractivity contribution is 7.92. The van der Waals surface area contributed by atoms with Crippen LogP contribution < -0.4 is 10.0 Å². The minimum Gasteiger partial charge on any atom is -0.334 e. The van der Waals surface area contributed by atoms with Crippen molar-refractivity contribution >= 4 is 15.7 Å². The molecule has 3 rings (SSSR count). The summed E-state index contributed by atoms with van der Waals surface area (Å²) in [5.41, 5.74) is 1.17. The van der Waals surface area contributed by atoms with E-state index in [1.807, 2.05) is 20.0 Å². The largest absolute Gasteiger partial charge is 0.334 e.